The van der Waals surface area contributed by atoms with Crippen LogP contribution in [0.2, 0.25) is 0 Å². The Bertz CT molecular complexity index is 486. The van der Waals surface area contributed by atoms with Crippen LogP contribution in [-0.4, -0.2) is 11.8 Å². The highest BCUT2D eigenvalue weighted by Gasteiger charge is 2.02. The first-order valence-corrected chi connectivity index (χ1v) is 4.41. The highest BCUT2D eigenvalue weighted by atomic mass is 16.2. The minimum Gasteiger partial charge on any atom is -0.366 e. The number of primary amides is 1. The molecule has 1 rings (SSSR count). The molecule has 0 fully saturated rings. The van der Waals surface area contributed by atoms with Gasteiger partial charge in [0.1, 0.15) is 6.07 Å². The monoisotopic (exact) mass is 215 g/mol. The van der Waals surface area contributed by atoms with E-state index in [2.05, 4.69) is 5.32 Å². The Balaban J connectivity index is 2.78. The van der Waals surface area contributed by atoms with Crippen LogP contribution in [0, 0.1) is 11.3 Å². The molecule has 3 N–H and O–H groups in total. The van der Waals surface area contributed by atoms with Gasteiger partial charge in [-0.25, -0.2) is 0 Å². The SMILES string of the molecule is N#Cc1ccccc1NC(=O)/C=C/C(N)=O. The summed E-state index contributed by atoms with van der Waals surface area (Å²) in [5, 5.41) is 11.2. The van der Waals surface area contributed by atoms with Crippen LogP contribution < -0.4 is 11.1 Å². The fraction of sp³-hybridized carbons (Fsp3) is 0. The molecule has 16 heavy (non-hydrogen) atoms. The Labute approximate surface area is 92.2 Å². The zero-order chi connectivity index (χ0) is 12.0. The highest BCUT2D eigenvalue weighted by Crippen LogP contribution is 2.13. The zero-order valence-electron chi connectivity index (χ0n) is 8.31. The van der Waals surface area contributed by atoms with E-state index in [1.807, 2.05) is 6.07 Å². The number of nitrogens with one attached hydrogen (secondary N) is 1. The number of rotatable bonds is 3. The van der Waals surface area contributed by atoms with Crippen LogP contribution in [0.4, 0.5) is 5.69 Å². The molecule has 0 bridgehead atoms. The van der Waals surface area contributed by atoms with E-state index in [1.165, 1.54) is 0 Å². The first-order chi connectivity index (χ1) is 7.63. The molecule has 5 heteroatoms. The zero-order valence-corrected chi connectivity index (χ0v) is 8.31. The van der Waals surface area contributed by atoms with Gasteiger partial charge in [0.2, 0.25) is 11.8 Å². The van der Waals surface area contributed by atoms with Crippen molar-refractivity contribution in [1.82, 2.24) is 0 Å². The first kappa shape index (κ1) is 11.5. The third-order valence-corrected chi connectivity index (χ3v) is 1.70. The van der Waals surface area contributed by atoms with E-state index in [-0.39, 0.29) is 0 Å². The Hall–Kier alpha value is -2.61. The Kier molecular flexibility index (Phi) is 3.81. The van der Waals surface area contributed by atoms with Gasteiger partial charge in [-0.3, -0.25) is 9.59 Å². The van der Waals surface area contributed by atoms with Crippen LogP contribution in [0.1, 0.15) is 5.56 Å². The van der Waals surface area contributed by atoms with Crippen LogP contribution in [0.15, 0.2) is 36.4 Å². The summed E-state index contributed by atoms with van der Waals surface area (Å²) < 4.78 is 0. The number of benzene rings is 1. The summed E-state index contributed by atoms with van der Waals surface area (Å²) in [6, 6.07) is 8.48. The Morgan fingerprint density at radius 3 is 2.62 bits per heavy atom. The number of anilines is 1. The van der Waals surface area contributed by atoms with E-state index >= 15 is 0 Å². The van der Waals surface area contributed by atoms with Crippen molar-refractivity contribution in [3.63, 3.8) is 0 Å². The van der Waals surface area contributed by atoms with Crippen molar-refractivity contribution in [2.75, 3.05) is 5.32 Å². The molecule has 0 heterocycles. The molecule has 0 saturated carbocycles. The number of nitrogens with zero attached hydrogens (tertiary/aromatic N) is 1. The second kappa shape index (κ2) is 5.32. The molecule has 5 nitrogen and oxygen atoms in total. The van der Waals surface area contributed by atoms with Gasteiger partial charge in [0.25, 0.3) is 0 Å². The van der Waals surface area contributed by atoms with Gasteiger partial charge in [-0.1, -0.05) is 12.1 Å². The summed E-state index contributed by atoms with van der Waals surface area (Å²) in [5.41, 5.74) is 5.58. The molecule has 80 valence electrons. The maximum absolute atomic E-state index is 11.3. The second-order valence-corrected chi connectivity index (χ2v) is 2.88. The van der Waals surface area contributed by atoms with Crippen molar-refractivity contribution >= 4 is 17.5 Å². The predicted molar refractivity (Wildman–Crippen MR) is 58.1 cm³/mol. The minimum atomic E-state index is -0.705. The Morgan fingerprint density at radius 2 is 2.00 bits per heavy atom. The lowest BCUT2D eigenvalue weighted by Gasteiger charge is -2.03. The smallest absolute Gasteiger partial charge is 0.248 e. The molecule has 0 radical (unpaired) electrons. The van der Waals surface area contributed by atoms with E-state index in [9.17, 15) is 9.59 Å². The molecule has 0 atom stereocenters. The molecule has 0 saturated heterocycles. The van der Waals surface area contributed by atoms with Crippen LogP contribution in [0.25, 0.3) is 0 Å². The third-order valence-electron chi connectivity index (χ3n) is 1.70. The van der Waals surface area contributed by atoms with Gasteiger partial charge >= 0.3 is 0 Å². The van der Waals surface area contributed by atoms with Gasteiger partial charge in [0.05, 0.1) is 11.3 Å². The van der Waals surface area contributed by atoms with Crippen LogP contribution in [-0.2, 0) is 9.59 Å². The number of nitriles is 1. The van der Waals surface area contributed by atoms with Crippen molar-refractivity contribution in [1.29, 1.82) is 5.26 Å². The number of nitrogens with two attached hydrogens (primary N) is 1. The third kappa shape index (κ3) is 3.27. The van der Waals surface area contributed by atoms with Gasteiger partial charge < -0.3 is 11.1 Å². The number of hydrogen-bond donors (Lipinski definition) is 2. The van der Waals surface area contributed by atoms with Crippen molar-refractivity contribution in [2.45, 2.75) is 0 Å². The summed E-state index contributed by atoms with van der Waals surface area (Å²) in [7, 11) is 0. The van der Waals surface area contributed by atoms with Gasteiger partial charge in [-0.15, -0.1) is 0 Å². The molecule has 1 aromatic carbocycles. The van der Waals surface area contributed by atoms with Gasteiger partial charge in [0.15, 0.2) is 0 Å². The molecule has 0 spiro atoms. The van der Waals surface area contributed by atoms with Crippen molar-refractivity contribution in [3.8, 4) is 6.07 Å². The topological polar surface area (TPSA) is 96.0 Å². The molecule has 0 aromatic heterocycles. The van der Waals surface area contributed by atoms with E-state index < -0.39 is 11.8 Å². The summed E-state index contributed by atoms with van der Waals surface area (Å²) in [6.07, 6.45) is 1.96. The number of para-hydroxylation sites is 1. The summed E-state index contributed by atoms with van der Waals surface area (Å²) in [4.78, 5) is 21.7. The summed E-state index contributed by atoms with van der Waals surface area (Å²) in [5.74, 6) is -1.22. The second-order valence-electron chi connectivity index (χ2n) is 2.88. The average Bonchev–Trinajstić information content (AvgIpc) is 2.27. The molecule has 0 aliphatic heterocycles. The van der Waals surface area contributed by atoms with Crippen molar-refractivity contribution in [2.24, 2.45) is 5.73 Å². The van der Waals surface area contributed by atoms with Crippen LogP contribution >= 0.6 is 0 Å². The lowest BCUT2D eigenvalue weighted by molar-refractivity contribution is -0.115. The predicted octanol–water partition coefficient (Wildman–Crippen LogP) is 0.538. The summed E-state index contributed by atoms with van der Waals surface area (Å²) in [6.45, 7) is 0. The lowest BCUT2D eigenvalue weighted by Crippen LogP contribution is -2.12. The number of carbonyl (C=O) groups excluding carboxylic acids is 2. The largest absolute Gasteiger partial charge is 0.366 e. The number of carbonyl (C=O) groups is 2. The average molecular weight is 215 g/mol. The molecule has 0 unspecified atom stereocenters. The number of amides is 2. The van der Waals surface area contributed by atoms with Crippen LogP contribution in [0.3, 0.4) is 0 Å². The number of hydrogen-bond acceptors (Lipinski definition) is 3. The summed E-state index contributed by atoms with van der Waals surface area (Å²) >= 11 is 0. The molecular formula is C11H9N3O2. The highest BCUT2D eigenvalue weighted by molar-refractivity contribution is 6.03. The fourth-order valence-electron chi connectivity index (χ4n) is 1.02. The van der Waals surface area contributed by atoms with Crippen molar-refractivity contribution < 1.29 is 9.59 Å². The molecule has 0 aliphatic rings. The van der Waals surface area contributed by atoms with E-state index in [0.29, 0.717) is 11.3 Å². The standard InChI is InChI=1S/C11H9N3O2/c12-7-8-3-1-2-4-9(8)14-11(16)6-5-10(13)15/h1-6H,(H2,13,15)(H,14,16)/b6-5+. The van der Waals surface area contributed by atoms with Gasteiger partial charge in [-0.2, -0.15) is 5.26 Å². The molecule has 2 amide bonds. The fourth-order valence-corrected chi connectivity index (χ4v) is 1.02. The van der Waals surface area contributed by atoms with Gasteiger partial charge in [0, 0.05) is 12.2 Å². The molecular weight excluding hydrogens is 206 g/mol. The maximum Gasteiger partial charge on any atom is 0.248 e. The lowest BCUT2D eigenvalue weighted by atomic mass is 10.2. The Morgan fingerprint density at radius 1 is 1.31 bits per heavy atom. The van der Waals surface area contributed by atoms with E-state index in [4.69, 9.17) is 11.0 Å². The van der Waals surface area contributed by atoms with E-state index in [0.717, 1.165) is 12.2 Å². The van der Waals surface area contributed by atoms with Gasteiger partial charge in [-0.05, 0) is 12.1 Å². The normalized spacial score (nSPS) is 9.69. The van der Waals surface area contributed by atoms with Crippen LogP contribution in [0.5, 0.6) is 0 Å². The first-order valence-electron chi connectivity index (χ1n) is 4.41. The van der Waals surface area contributed by atoms with E-state index in [1.54, 1.807) is 24.3 Å². The molecule has 1 aromatic rings. The van der Waals surface area contributed by atoms with Crippen molar-refractivity contribution in [3.05, 3.63) is 42.0 Å². The minimum absolute atomic E-state index is 0.350. The maximum atomic E-state index is 11.3. The molecule has 0 aliphatic carbocycles. The quantitative estimate of drug-likeness (QED) is 0.720.